The minimum absolute atomic E-state index is 0.0861. The van der Waals surface area contributed by atoms with Gasteiger partial charge in [0.25, 0.3) is 0 Å². The largest absolute Gasteiger partial charge is 0.493 e. The summed E-state index contributed by atoms with van der Waals surface area (Å²) in [5, 5.41) is 5.41. The molecule has 0 spiro atoms. The summed E-state index contributed by atoms with van der Waals surface area (Å²) in [6, 6.07) is 3.68. The van der Waals surface area contributed by atoms with Crippen LogP contribution in [0.4, 0.5) is 15.1 Å². The zero-order valence-corrected chi connectivity index (χ0v) is 20.4. The Morgan fingerprint density at radius 2 is 1.83 bits per heavy atom. The third-order valence-electron chi connectivity index (χ3n) is 7.00. The van der Waals surface area contributed by atoms with E-state index in [1.807, 2.05) is 23.1 Å². The molecule has 2 fully saturated rings. The molecule has 2 aliphatic rings. The van der Waals surface area contributed by atoms with Gasteiger partial charge in [-0.3, -0.25) is 9.58 Å². The molecule has 0 bridgehead atoms. The van der Waals surface area contributed by atoms with Crippen LogP contribution >= 0.6 is 0 Å². The zero-order chi connectivity index (χ0) is 24.5. The van der Waals surface area contributed by atoms with E-state index in [9.17, 15) is 9.18 Å². The van der Waals surface area contributed by atoms with E-state index in [2.05, 4.69) is 10.1 Å². The van der Waals surface area contributed by atoms with E-state index >= 15 is 0 Å². The number of halogens is 1. The molecule has 1 atom stereocenters. The van der Waals surface area contributed by atoms with Gasteiger partial charge < -0.3 is 14.4 Å². The molecule has 0 N–H and O–H groups in total. The molecule has 0 unspecified atom stereocenters. The first-order valence-corrected chi connectivity index (χ1v) is 12.1. The summed E-state index contributed by atoms with van der Waals surface area (Å²) in [5.41, 5.74) is 2.09. The highest BCUT2D eigenvalue weighted by molar-refractivity contribution is 5.97. The van der Waals surface area contributed by atoms with Crippen LogP contribution in [0.3, 0.4) is 0 Å². The Labute approximate surface area is 203 Å². The summed E-state index contributed by atoms with van der Waals surface area (Å²) < 4.78 is 26.8. The molecule has 1 aromatic carbocycles. The molecule has 9 nitrogen and oxygen atoms in total. The Morgan fingerprint density at radius 3 is 2.51 bits per heavy atom. The minimum atomic E-state index is -0.997. The summed E-state index contributed by atoms with van der Waals surface area (Å²) >= 11 is 0. The van der Waals surface area contributed by atoms with Crippen molar-refractivity contribution in [1.82, 2.24) is 24.6 Å². The average Bonchev–Trinajstić information content (AvgIpc) is 3.56. The van der Waals surface area contributed by atoms with E-state index in [0.717, 1.165) is 23.8 Å². The molecule has 1 saturated heterocycles. The van der Waals surface area contributed by atoms with Crippen LogP contribution in [0, 0.1) is 0 Å². The van der Waals surface area contributed by atoms with Crippen LogP contribution in [0.25, 0.3) is 22.2 Å². The van der Waals surface area contributed by atoms with Crippen LogP contribution in [0.15, 0.2) is 24.5 Å². The van der Waals surface area contributed by atoms with Crippen molar-refractivity contribution in [3.05, 3.63) is 24.5 Å². The maximum atomic E-state index is 13.7. The number of methoxy groups -OCH3 is 2. The molecule has 3 heterocycles. The van der Waals surface area contributed by atoms with Gasteiger partial charge >= 0.3 is 6.03 Å². The standard InChI is InChI=1S/C25H31FN6O3/c1-30(25(33)31-10-9-17(26)15-31)24-28-20-12-22(35-3)21(34-2)11-19(20)23(29-24)16-13-27-32(14-16)18-7-5-4-6-8-18/h11-14,17-18H,4-10,15H2,1-3H3/t17-/m0/s1. The fraction of sp³-hybridized carbons (Fsp3) is 0.520. The average molecular weight is 483 g/mol. The van der Waals surface area contributed by atoms with E-state index in [1.165, 1.54) is 29.1 Å². The molecule has 0 radical (unpaired) electrons. The number of likely N-dealkylation sites (tertiary alicyclic amines) is 1. The smallest absolute Gasteiger partial charge is 0.326 e. The molecule has 2 aromatic heterocycles. The zero-order valence-electron chi connectivity index (χ0n) is 20.4. The predicted molar refractivity (Wildman–Crippen MR) is 131 cm³/mol. The number of carbonyl (C=O) groups is 1. The van der Waals surface area contributed by atoms with Crippen LogP contribution < -0.4 is 14.4 Å². The highest BCUT2D eigenvalue weighted by Gasteiger charge is 2.30. The van der Waals surface area contributed by atoms with Gasteiger partial charge in [-0.2, -0.15) is 5.10 Å². The van der Waals surface area contributed by atoms with Crippen molar-refractivity contribution in [3.8, 4) is 22.8 Å². The lowest BCUT2D eigenvalue weighted by atomic mass is 9.96. The number of benzene rings is 1. The van der Waals surface area contributed by atoms with Gasteiger partial charge in [-0.1, -0.05) is 19.3 Å². The van der Waals surface area contributed by atoms with Crippen molar-refractivity contribution >= 4 is 22.9 Å². The molecular formula is C25H31FN6O3. The van der Waals surface area contributed by atoms with E-state index in [1.54, 1.807) is 27.3 Å². The van der Waals surface area contributed by atoms with Crippen LogP contribution in [0.5, 0.6) is 11.5 Å². The first kappa shape index (κ1) is 23.3. The molecule has 2 amide bonds. The molecule has 10 heteroatoms. The van der Waals surface area contributed by atoms with Crippen LogP contribution in [0.1, 0.15) is 44.6 Å². The Bertz CT molecular complexity index is 1230. The van der Waals surface area contributed by atoms with Gasteiger partial charge in [0.05, 0.1) is 44.2 Å². The lowest BCUT2D eigenvalue weighted by Crippen LogP contribution is -2.41. The van der Waals surface area contributed by atoms with Crippen LogP contribution in [-0.4, -0.2) is 71.2 Å². The predicted octanol–water partition coefficient (Wildman–Crippen LogP) is 4.62. The van der Waals surface area contributed by atoms with Gasteiger partial charge in [-0.05, 0) is 25.3 Å². The number of amides is 2. The third kappa shape index (κ3) is 4.49. The molecule has 3 aromatic rings. The first-order valence-electron chi connectivity index (χ1n) is 12.1. The quantitative estimate of drug-likeness (QED) is 0.528. The molecule has 35 heavy (non-hydrogen) atoms. The van der Waals surface area contributed by atoms with Crippen molar-refractivity contribution in [2.75, 3.05) is 39.3 Å². The maximum Gasteiger partial charge on any atom is 0.326 e. The molecule has 1 aliphatic carbocycles. The summed E-state index contributed by atoms with van der Waals surface area (Å²) in [5.74, 6) is 1.33. The van der Waals surface area contributed by atoms with Crippen molar-refractivity contribution in [3.63, 3.8) is 0 Å². The normalized spacial score (nSPS) is 18.7. The molecular weight excluding hydrogens is 451 g/mol. The van der Waals surface area contributed by atoms with E-state index < -0.39 is 6.17 Å². The number of aromatic nitrogens is 4. The van der Waals surface area contributed by atoms with Crippen molar-refractivity contribution in [2.45, 2.75) is 50.7 Å². The SMILES string of the molecule is COc1cc2nc(N(C)C(=O)N3CC[C@H](F)C3)nc(-c3cnn(C4CCCCC4)c3)c2cc1OC. The number of ether oxygens (including phenoxy) is 2. The number of alkyl halides is 1. The van der Waals surface area contributed by atoms with Crippen molar-refractivity contribution < 1.29 is 18.7 Å². The number of nitrogens with zero attached hydrogens (tertiary/aromatic N) is 6. The molecule has 1 saturated carbocycles. The van der Waals surface area contributed by atoms with E-state index in [0.29, 0.717) is 41.7 Å². The fourth-order valence-corrected chi connectivity index (χ4v) is 5.01. The van der Waals surface area contributed by atoms with Crippen molar-refractivity contribution in [1.29, 1.82) is 0 Å². The Hall–Kier alpha value is -3.43. The second kappa shape index (κ2) is 9.67. The van der Waals surface area contributed by atoms with Gasteiger partial charge in [0.15, 0.2) is 11.5 Å². The molecule has 1 aliphatic heterocycles. The van der Waals surface area contributed by atoms with Crippen LogP contribution in [0.2, 0.25) is 0 Å². The highest BCUT2D eigenvalue weighted by atomic mass is 19.1. The fourth-order valence-electron chi connectivity index (χ4n) is 5.01. The molecule has 5 rings (SSSR count). The van der Waals surface area contributed by atoms with Gasteiger partial charge in [0.2, 0.25) is 5.95 Å². The van der Waals surface area contributed by atoms with E-state index in [4.69, 9.17) is 14.5 Å². The second-order valence-electron chi connectivity index (χ2n) is 9.27. The number of carbonyl (C=O) groups excluding carboxylic acids is 1. The Morgan fingerprint density at radius 1 is 1.09 bits per heavy atom. The lowest BCUT2D eigenvalue weighted by molar-refractivity contribution is 0.212. The van der Waals surface area contributed by atoms with Gasteiger partial charge in [-0.15, -0.1) is 0 Å². The summed E-state index contributed by atoms with van der Waals surface area (Å²) in [6.45, 7) is 0.465. The topological polar surface area (TPSA) is 85.6 Å². The van der Waals surface area contributed by atoms with Gasteiger partial charge in [0, 0.05) is 36.8 Å². The summed E-state index contributed by atoms with van der Waals surface area (Å²) in [7, 11) is 4.77. The first-order chi connectivity index (χ1) is 17.0. The number of rotatable bonds is 5. The Kier molecular flexibility index (Phi) is 6.44. The van der Waals surface area contributed by atoms with Crippen LogP contribution in [-0.2, 0) is 0 Å². The number of fused-ring (bicyclic) bond motifs is 1. The Balaban J connectivity index is 1.59. The number of hydrogen-bond donors (Lipinski definition) is 0. The molecule has 186 valence electrons. The second-order valence-corrected chi connectivity index (χ2v) is 9.27. The third-order valence-corrected chi connectivity index (χ3v) is 7.00. The lowest BCUT2D eigenvalue weighted by Gasteiger charge is -2.23. The highest BCUT2D eigenvalue weighted by Crippen LogP contribution is 2.37. The summed E-state index contributed by atoms with van der Waals surface area (Å²) in [4.78, 5) is 25.4. The van der Waals surface area contributed by atoms with Gasteiger partial charge in [0.1, 0.15) is 6.17 Å². The van der Waals surface area contributed by atoms with Crippen molar-refractivity contribution in [2.24, 2.45) is 0 Å². The monoisotopic (exact) mass is 482 g/mol. The number of urea groups is 1. The maximum absolute atomic E-state index is 13.7. The minimum Gasteiger partial charge on any atom is -0.493 e. The number of hydrogen-bond acceptors (Lipinski definition) is 6. The van der Waals surface area contributed by atoms with E-state index in [-0.39, 0.29) is 18.5 Å². The number of anilines is 1. The summed E-state index contributed by atoms with van der Waals surface area (Å²) in [6.07, 6.45) is 9.10. The van der Waals surface area contributed by atoms with Gasteiger partial charge in [-0.25, -0.2) is 19.2 Å².